The number of allylic oxidation sites excluding steroid dienone is 1. The second-order valence-corrected chi connectivity index (χ2v) is 4.80. The van der Waals surface area contributed by atoms with E-state index in [9.17, 15) is 0 Å². The zero-order valence-electron chi connectivity index (χ0n) is 10.1. The van der Waals surface area contributed by atoms with Crippen molar-refractivity contribution < 1.29 is 0 Å². The molecule has 1 aromatic heterocycles. The number of nitrogens with zero attached hydrogens (tertiary/aromatic N) is 2. The minimum atomic E-state index is 0.610. The summed E-state index contributed by atoms with van der Waals surface area (Å²) in [5.74, 6) is 0.823. The van der Waals surface area contributed by atoms with Gasteiger partial charge in [-0.25, -0.2) is 4.98 Å². The molecule has 0 aliphatic rings. The monoisotopic (exact) mass is 280 g/mol. The molecule has 0 bridgehead atoms. The van der Waals surface area contributed by atoms with Gasteiger partial charge in [-0.3, -0.25) is 0 Å². The van der Waals surface area contributed by atoms with Crippen LogP contribution in [-0.4, -0.2) is 9.55 Å². The zero-order chi connectivity index (χ0) is 13.0. The van der Waals surface area contributed by atoms with Gasteiger partial charge >= 0.3 is 0 Å². The normalized spacial score (nSPS) is 11.3. The molecule has 2 aromatic rings. The Morgan fingerprint density at radius 2 is 2.17 bits per heavy atom. The van der Waals surface area contributed by atoms with Crippen LogP contribution in [0.1, 0.15) is 19.8 Å². The number of halogens is 2. The lowest BCUT2D eigenvalue weighted by molar-refractivity contribution is 0.956. The van der Waals surface area contributed by atoms with Crippen molar-refractivity contribution in [3.63, 3.8) is 0 Å². The summed E-state index contributed by atoms with van der Waals surface area (Å²) >= 11 is 12.1. The van der Waals surface area contributed by atoms with Crippen molar-refractivity contribution in [2.75, 3.05) is 0 Å². The molecule has 4 heteroatoms. The molecule has 94 valence electrons. The van der Waals surface area contributed by atoms with Gasteiger partial charge in [0.15, 0.2) is 0 Å². The molecule has 0 unspecified atom stereocenters. The van der Waals surface area contributed by atoms with E-state index in [-0.39, 0.29) is 0 Å². The summed E-state index contributed by atoms with van der Waals surface area (Å²) in [5, 5.41) is 1.24. The van der Waals surface area contributed by atoms with Crippen LogP contribution in [0.3, 0.4) is 0 Å². The summed E-state index contributed by atoms with van der Waals surface area (Å²) in [6.07, 6.45) is 9.98. The molecule has 0 atom stereocenters. The van der Waals surface area contributed by atoms with Gasteiger partial charge in [0.1, 0.15) is 5.82 Å². The van der Waals surface area contributed by atoms with Crippen molar-refractivity contribution in [1.29, 1.82) is 0 Å². The maximum atomic E-state index is 6.19. The fourth-order valence-electron chi connectivity index (χ4n) is 1.67. The third-order valence-corrected chi connectivity index (χ3v) is 3.11. The molecule has 2 rings (SSSR count). The molecule has 0 radical (unpaired) electrons. The lowest BCUT2D eigenvalue weighted by atomic mass is 10.2. The molecule has 0 N–H and O–H groups in total. The lowest BCUT2D eigenvalue weighted by Gasteiger charge is -2.05. The smallest absolute Gasteiger partial charge is 0.145 e. The maximum Gasteiger partial charge on any atom is 0.145 e. The van der Waals surface area contributed by atoms with E-state index in [0.717, 1.165) is 24.2 Å². The standard InChI is InChI=1S/C14H14Cl2N2/c1-2-3-4-8-18-9-7-17-14(18)12-6-5-11(15)10-13(12)16/h4-10H,2-3H2,1H3. The van der Waals surface area contributed by atoms with E-state index in [1.807, 2.05) is 29.1 Å². The molecule has 0 spiro atoms. The topological polar surface area (TPSA) is 17.8 Å². The van der Waals surface area contributed by atoms with Crippen molar-refractivity contribution in [1.82, 2.24) is 9.55 Å². The molecular formula is C14H14Cl2N2. The van der Waals surface area contributed by atoms with E-state index in [1.165, 1.54) is 0 Å². The largest absolute Gasteiger partial charge is 0.307 e. The predicted molar refractivity (Wildman–Crippen MR) is 77.9 cm³/mol. The molecule has 0 fully saturated rings. The quantitative estimate of drug-likeness (QED) is 0.759. The average molecular weight is 281 g/mol. The lowest BCUT2D eigenvalue weighted by Crippen LogP contribution is -1.91. The van der Waals surface area contributed by atoms with Gasteiger partial charge in [0.25, 0.3) is 0 Å². The minimum Gasteiger partial charge on any atom is -0.307 e. The van der Waals surface area contributed by atoms with Crippen LogP contribution in [-0.2, 0) is 0 Å². The SMILES string of the molecule is CCCC=Cn1ccnc1-c1ccc(Cl)cc1Cl. The highest BCUT2D eigenvalue weighted by molar-refractivity contribution is 6.36. The molecule has 18 heavy (non-hydrogen) atoms. The van der Waals surface area contributed by atoms with E-state index in [1.54, 1.807) is 12.3 Å². The van der Waals surface area contributed by atoms with Crippen LogP contribution >= 0.6 is 23.2 Å². The van der Waals surface area contributed by atoms with Crippen LogP contribution in [0.5, 0.6) is 0 Å². The second-order valence-electron chi connectivity index (χ2n) is 3.96. The van der Waals surface area contributed by atoms with Gasteiger partial charge in [0, 0.05) is 29.2 Å². The van der Waals surface area contributed by atoms with Gasteiger partial charge in [-0.1, -0.05) is 42.6 Å². The summed E-state index contributed by atoms with van der Waals surface area (Å²) in [6.45, 7) is 2.15. The minimum absolute atomic E-state index is 0.610. The summed E-state index contributed by atoms with van der Waals surface area (Å²) in [6, 6.07) is 5.43. The predicted octanol–water partition coefficient (Wildman–Crippen LogP) is 5.13. The van der Waals surface area contributed by atoms with Crippen LogP contribution in [0.25, 0.3) is 17.6 Å². The molecule has 0 saturated heterocycles. The number of hydrogen-bond donors (Lipinski definition) is 0. The van der Waals surface area contributed by atoms with Crippen molar-refractivity contribution in [3.8, 4) is 11.4 Å². The highest BCUT2D eigenvalue weighted by atomic mass is 35.5. The third kappa shape index (κ3) is 2.95. The van der Waals surface area contributed by atoms with E-state index >= 15 is 0 Å². The van der Waals surface area contributed by atoms with Crippen molar-refractivity contribution >= 4 is 29.4 Å². The van der Waals surface area contributed by atoms with Gasteiger partial charge in [-0.05, 0) is 24.6 Å². The Kier molecular flexibility index (Phi) is 4.45. The van der Waals surface area contributed by atoms with Crippen LogP contribution in [0.4, 0.5) is 0 Å². The summed E-state index contributed by atoms with van der Waals surface area (Å²) in [5.41, 5.74) is 0.882. The molecule has 1 aromatic carbocycles. The van der Waals surface area contributed by atoms with Gasteiger partial charge in [-0.2, -0.15) is 0 Å². The second kappa shape index (κ2) is 6.07. The van der Waals surface area contributed by atoms with E-state index in [4.69, 9.17) is 23.2 Å². The Labute approximate surface area is 117 Å². The third-order valence-electron chi connectivity index (χ3n) is 2.56. The van der Waals surface area contributed by atoms with Gasteiger partial charge in [0.05, 0.1) is 5.02 Å². The van der Waals surface area contributed by atoms with Crippen molar-refractivity contribution in [2.45, 2.75) is 19.8 Å². The van der Waals surface area contributed by atoms with Gasteiger partial charge in [-0.15, -0.1) is 0 Å². The Morgan fingerprint density at radius 1 is 1.33 bits per heavy atom. The molecule has 0 aliphatic heterocycles. The Morgan fingerprint density at radius 3 is 2.89 bits per heavy atom. The Balaban J connectivity index is 2.36. The van der Waals surface area contributed by atoms with E-state index < -0.39 is 0 Å². The number of aromatic nitrogens is 2. The van der Waals surface area contributed by atoms with Crippen molar-refractivity contribution in [2.24, 2.45) is 0 Å². The maximum absolute atomic E-state index is 6.19. The van der Waals surface area contributed by atoms with E-state index in [2.05, 4.69) is 18.0 Å². The first-order valence-electron chi connectivity index (χ1n) is 5.87. The highest BCUT2D eigenvalue weighted by Crippen LogP contribution is 2.29. The number of imidazole rings is 1. The van der Waals surface area contributed by atoms with Crippen LogP contribution in [0.2, 0.25) is 10.0 Å². The Bertz CT molecular complexity index is 559. The molecule has 0 saturated carbocycles. The Hall–Kier alpha value is -1.25. The number of unbranched alkanes of at least 4 members (excludes halogenated alkanes) is 1. The molecule has 2 nitrogen and oxygen atoms in total. The fraction of sp³-hybridized carbons (Fsp3) is 0.214. The van der Waals surface area contributed by atoms with E-state index in [0.29, 0.717) is 10.0 Å². The first-order chi connectivity index (χ1) is 8.72. The highest BCUT2D eigenvalue weighted by Gasteiger charge is 2.08. The first-order valence-corrected chi connectivity index (χ1v) is 6.63. The molecule has 0 amide bonds. The van der Waals surface area contributed by atoms with Crippen LogP contribution < -0.4 is 0 Å². The number of hydrogen-bond acceptors (Lipinski definition) is 1. The summed E-state index contributed by atoms with van der Waals surface area (Å²) in [7, 11) is 0. The van der Waals surface area contributed by atoms with Gasteiger partial charge in [0.2, 0.25) is 0 Å². The van der Waals surface area contributed by atoms with Crippen molar-refractivity contribution in [3.05, 3.63) is 46.7 Å². The van der Waals surface area contributed by atoms with Crippen LogP contribution in [0, 0.1) is 0 Å². The molecular weight excluding hydrogens is 267 g/mol. The first kappa shape index (κ1) is 13.2. The zero-order valence-corrected chi connectivity index (χ0v) is 11.6. The molecule has 1 heterocycles. The van der Waals surface area contributed by atoms with Gasteiger partial charge < -0.3 is 4.57 Å². The molecule has 0 aliphatic carbocycles. The summed E-state index contributed by atoms with van der Waals surface area (Å²) < 4.78 is 1.96. The average Bonchev–Trinajstić information content (AvgIpc) is 2.78. The number of rotatable bonds is 4. The summed E-state index contributed by atoms with van der Waals surface area (Å²) in [4.78, 5) is 4.34. The van der Waals surface area contributed by atoms with Crippen LogP contribution in [0.15, 0.2) is 36.7 Å². The number of benzene rings is 1. The fourth-order valence-corrected chi connectivity index (χ4v) is 2.16.